The van der Waals surface area contributed by atoms with E-state index in [-0.39, 0.29) is 5.78 Å². The van der Waals surface area contributed by atoms with E-state index in [0.717, 1.165) is 6.54 Å². The van der Waals surface area contributed by atoms with Crippen molar-refractivity contribution in [1.29, 1.82) is 0 Å². The van der Waals surface area contributed by atoms with Crippen molar-refractivity contribution in [3.63, 3.8) is 0 Å². The molecule has 0 spiro atoms. The van der Waals surface area contributed by atoms with Crippen molar-refractivity contribution >= 4 is 21.7 Å². The lowest BCUT2D eigenvalue weighted by Gasteiger charge is -1.99. The number of aromatic nitrogens is 3. The molecule has 82 valence electrons. The second-order valence-electron chi connectivity index (χ2n) is 3.25. The average molecular weight is 280 g/mol. The molecule has 2 aromatic heterocycles. The fourth-order valence-electron chi connectivity index (χ4n) is 1.34. The maximum atomic E-state index is 12.1. The quantitative estimate of drug-likeness (QED) is 0.810. The third kappa shape index (κ3) is 2.04. The van der Waals surface area contributed by atoms with Gasteiger partial charge in [0, 0.05) is 23.4 Å². The standard InChI is InChI=1S/C11H10BrN3O/c1-2-15-7-8(6-14-15)11(16)10-9(12)4-3-5-13-10/h3-7H,2H2,1H3. The van der Waals surface area contributed by atoms with Crippen molar-refractivity contribution in [2.75, 3.05) is 0 Å². The first-order valence-corrected chi connectivity index (χ1v) is 5.69. The maximum absolute atomic E-state index is 12.1. The normalized spacial score (nSPS) is 10.4. The van der Waals surface area contributed by atoms with Gasteiger partial charge in [-0.05, 0) is 35.0 Å². The van der Waals surface area contributed by atoms with Crippen LogP contribution in [-0.4, -0.2) is 20.5 Å². The van der Waals surface area contributed by atoms with Crippen LogP contribution in [0.25, 0.3) is 0 Å². The van der Waals surface area contributed by atoms with Crippen LogP contribution in [-0.2, 0) is 6.54 Å². The highest BCUT2D eigenvalue weighted by atomic mass is 79.9. The molecule has 0 amide bonds. The van der Waals surface area contributed by atoms with Crippen molar-refractivity contribution in [2.24, 2.45) is 0 Å². The molecule has 0 unspecified atom stereocenters. The molecule has 5 heteroatoms. The number of hydrogen-bond acceptors (Lipinski definition) is 3. The molecular formula is C11H10BrN3O. The lowest BCUT2D eigenvalue weighted by Crippen LogP contribution is -2.04. The van der Waals surface area contributed by atoms with Crippen LogP contribution < -0.4 is 0 Å². The summed E-state index contributed by atoms with van der Waals surface area (Å²) in [7, 11) is 0. The number of rotatable bonds is 3. The van der Waals surface area contributed by atoms with Crippen molar-refractivity contribution in [3.05, 3.63) is 46.5 Å². The Balaban J connectivity index is 2.35. The highest BCUT2D eigenvalue weighted by molar-refractivity contribution is 9.10. The molecule has 0 bridgehead atoms. The minimum absolute atomic E-state index is 0.118. The molecule has 2 aromatic rings. The second-order valence-corrected chi connectivity index (χ2v) is 4.10. The van der Waals surface area contributed by atoms with Gasteiger partial charge in [-0.15, -0.1) is 0 Å². The zero-order valence-corrected chi connectivity index (χ0v) is 10.3. The van der Waals surface area contributed by atoms with Crippen LogP contribution in [0.5, 0.6) is 0 Å². The third-order valence-corrected chi connectivity index (χ3v) is 2.83. The Morgan fingerprint density at radius 2 is 2.38 bits per heavy atom. The topological polar surface area (TPSA) is 47.8 Å². The molecular weight excluding hydrogens is 270 g/mol. The molecule has 0 aliphatic carbocycles. The van der Waals surface area contributed by atoms with Crippen LogP contribution in [0.15, 0.2) is 35.2 Å². The number of carbonyl (C=O) groups is 1. The minimum Gasteiger partial charge on any atom is -0.287 e. The van der Waals surface area contributed by atoms with E-state index in [4.69, 9.17) is 0 Å². The van der Waals surface area contributed by atoms with Crippen LogP contribution in [0.2, 0.25) is 0 Å². The predicted octanol–water partition coefficient (Wildman–Crippen LogP) is 2.29. The van der Waals surface area contributed by atoms with Gasteiger partial charge in [-0.1, -0.05) is 0 Å². The summed E-state index contributed by atoms with van der Waals surface area (Å²) in [6.07, 6.45) is 4.89. The van der Waals surface area contributed by atoms with E-state index in [1.165, 1.54) is 0 Å². The van der Waals surface area contributed by atoms with Gasteiger partial charge in [0.15, 0.2) is 0 Å². The summed E-state index contributed by atoms with van der Waals surface area (Å²) in [6, 6.07) is 3.57. The molecule has 2 rings (SSSR count). The predicted molar refractivity (Wildman–Crippen MR) is 63.3 cm³/mol. The molecule has 0 radical (unpaired) electrons. The van der Waals surface area contributed by atoms with Crippen LogP contribution >= 0.6 is 15.9 Å². The Morgan fingerprint density at radius 3 is 3.00 bits per heavy atom. The Bertz CT molecular complexity index is 521. The van der Waals surface area contributed by atoms with E-state index >= 15 is 0 Å². The van der Waals surface area contributed by atoms with Crippen LogP contribution in [0.4, 0.5) is 0 Å². The van der Waals surface area contributed by atoms with Gasteiger partial charge in [-0.3, -0.25) is 14.5 Å². The van der Waals surface area contributed by atoms with Gasteiger partial charge in [0.2, 0.25) is 5.78 Å². The van der Waals surface area contributed by atoms with E-state index in [9.17, 15) is 4.79 Å². The highest BCUT2D eigenvalue weighted by Crippen LogP contribution is 2.16. The van der Waals surface area contributed by atoms with Gasteiger partial charge in [0.05, 0.1) is 11.8 Å². The molecule has 0 N–H and O–H groups in total. The summed E-state index contributed by atoms with van der Waals surface area (Å²) in [4.78, 5) is 16.1. The molecule has 0 saturated heterocycles. The Labute approximate surface area is 101 Å². The molecule has 0 atom stereocenters. The molecule has 0 saturated carbocycles. The maximum Gasteiger partial charge on any atom is 0.215 e. The van der Waals surface area contributed by atoms with E-state index in [2.05, 4.69) is 26.0 Å². The van der Waals surface area contributed by atoms with Gasteiger partial charge >= 0.3 is 0 Å². The number of aryl methyl sites for hydroxylation is 1. The van der Waals surface area contributed by atoms with Crippen molar-refractivity contribution < 1.29 is 4.79 Å². The highest BCUT2D eigenvalue weighted by Gasteiger charge is 2.15. The minimum atomic E-state index is -0.118. The smallest absolute Gasteiger partial charge is 0.215 e. The lowest BCUT2D eigenvalue weighted by molar-refractivity contribution is 0.103. The van der Waals surface area contributed by atoms with E-state index in [0.29, 0.717) is 15.7 Å². The summed E-state index contributed by atoms with van der Waals surface area (Å²) in [5.41, 5.74) is 0.972. The average Bonchev–Trinajstić information content (AvgIpc) is 2.77. The Morgan fingerprint density at radius 1 is 1.56 bits per heavy atom. The zero-order chi connectivity index (χ0) is 11.5. The van der Waals surface area contributed by atoms with Gasteiger partial charge in [0.1, 0.15) is 5.69 Å². The summed E-state index contributed by atoms with van der Waals surface area (Å²) in [5, 5.41) is 4.06. The van der Waals surface area contributed by atoms with E-state index in [1.807, 2.05) is 6.92 Å². The van der Waals surface area contributed by atoms with Crippen molar-refractivity contribution in [1.82, 2.24) is 14.8 Å². The van der Waals surface area contributed by atoms with Gasteiger partial charge < -0.3 is 0 Å². The molecule has 16 heavy (non-hydrogen) atoms. The van der Waals surface area contributed by atoms with E-state index < -0.39 is 0 Å². The van der Waals surface area contributed by atoms with Crippen LogP contribution in [0.1, 0.15) is 23.0 Å². The Kier molecular flexibility index (Phi) is 3.14. The summed E-state index contributed by atoms with van der Waals surface area (Å²) in [6.45, 7) is 2.72. The molecule has 0 aromatic carbocycles. The summed E-state index contributed by atoms with van der Waals surface area (Å²) >= 11 is 3.31. The third-order valence-electron chi connectivity index (χ3n) is 2.19. The molecule has 0 aliphatic rings. The lowest BCUT2D eigenvalue weighted by atomic mass is 10.1. The monoisotopic (exact) mass is 279 g/mol. The van der Waals surface area contributed by atoms with Gasteiger partial charge in [-0.25, -0.2) is 0 Å². The molecule has 2 heterocycles. The first-order valence-electron chi connectivity index (χ1n) is 4.90. The largest absolute Gasteiger partial charge is 0.287 e. The SMILES string of the molecule is CCn1cc(C(=O)c2ncccc2Br)cn1. The van der Waals surface area contributed by atoms with Crippen molar-refractivity contribution in [2.45, 2.75) is 13.5 Å². The number of carbonyl (C=O) groups excluding carboxylic acids is 1. The number of pyridine rings is 1. The fourth-order valence-corrected chi connectivity index (χ4v) is 1.78. The van der Waals surface area contributed by atoms with Crippen molar-refractivity contribution in [3.8, 4) is 0 Å². The second kappa shape index (κ2) is 4.57. The van der Waals surface area contributed by atoms with Crippen LogP contribution in [0.3, 0.4) is 0 Å². The van der Waals surface area contributed by atoms with E-state index in [1.54, 1.807) is 35.4 Å². The number of nitrogens with zero attached hydrogens (tertiary/aromatic N) is 3. The molecule has 4 nitrogen and oxygen atoms in total. The molecule has 0 aliphatic heterocycles. The first-order chi connectivity index (χ1) is 7.72. The van der Waals surface area contributed by atoms with Crippen LogP contribution in [0, 0.1) is 0 Å². The summed E-state index contributed by atoms with van der Waals surface area (Å²) in [5.74, 6) is -0.118. The first kappa shape index (κ1) is 11.0. The number of ketones is 1. The number of halogens is 1. The van der Waals surface area contributed by atoms with Gasteiger partial charge in [-0.2, -0.15) is 5.10 Å². The number of hydrogen-bond donors (Lipinski definition) is 0. The fraction of sp³-hybridized carbons (Fsp3) is 0.182. The molecule has 0 fully saturated rings. The zero-order valence-electron chi connectivity index (χ0n) is 8.72. The van der Waals surface area contributed by atoms with Gasteiger partial charge in [0.25, 0.3) is 0 Å². The Hall–Kier alpha value is -1.49. The summed E-state index contributed by atoms with van der Waals surface area (Å²) < 4.78 is 2.41.